The van der Waals surface area contributed by atoms with Crippen molar-refractivity contribution in [1.82, 2.24) is 14.8 Å². The van der Waals surface area contributed by atoms with Gasteiger partial charge in [0.05, 0.1) is 6.04 Å². The fraction of sp³-hybridized carbons (Fsp3) is 0.273. The fourth-order valence-corrected chi connectivity index (χ4v) is 1.83. The van der Waals surface area contributed by atoms with Crippen molar-refractivity contribution in [3.63, 3.8) is 0 Å². The summed E-state index contributed by atoms with van der Waals surface area (Å²) in [7, 11) is 0. The van der Waals surface area contributed by atoms with Crippen LogP contribution in [0, 0.1) is 0 Å². The number of hydrogen-bond acceptors (Lipinski definition) is 3. The molecule has 1 aromatic carbocycles. The number of benzene rings is 1. The summed E-state index contributed by atoms with van der Waals surface area (Å²) >= 11 is 9.12. The van der Waals surface area contributed by atoms with E-state index in [1.54, 1.807) is 16.8 Å². The molecular weight excluding hydrogens is 305 g/mol. The molecule has 0 saturated heterocycles. The Balaban J connectivity index is 2.29. The van der Waals surface area contributed by atoms with E-state index < -0.39 is 0 Å². The van der Waals surface area contributed by atoms with Gasteiger partial charge in [-0.05, 0) is 48.0 Å². The number of halogens is 2. The first kappa shape index (κ1) is 12.4. The minimum Gasteiger partial charge on any atom is -0.424 e. The molecule has 0 amide bonds. The maximum Gasteiger partial charge on any atom is 0.321 e. The molecule has 0 radical (unpaired) electrons. The van der Waals surface area contributed by atoms with Crippen LogP contribution in [0.2, 0.25) is 5.02 Å². The van der Waals surface area contributed by atoms with Crippen LogP contribution in [0.3, 0.4) is 0 Å². The van der Waals surface area contributed by atoms with Gasteiger partial charge in [-0.2, -0.15) is 4.98 Å². The lowest BCUT2D eigenvalue weighted by Crippen LogP contribution is -2.05. The molecule has 0 spiro atoms. The smallest absolute Gasteiger partial charge is 0.321 e. The van der Waals surface area contributed by atoms with Crippen LogP contribution in [0.5, 0.6) is 11.8 Å². The molecule has 90 valence electrons. The Morgan fingerprint density at radius 1 is 1.41 bits per heavy atom. The Bertz CT molecular complexity index is 527. The summed E-state index contributed by atoms with van der Waals surface area (Å²) in [5, 5.41) is 4.82. The van der Waals surface area contributed by atoms with Gasteiger partial charge in [0.25, 0.3) is 0 Å². The van der Waals surface area contributed by atoms with Gasteiger partial charge in [0, 0.05) is 5.02 Å². The predicted molar refractivity (Wildman–Crippen MR) is 69.6 cm³/mol. The van der Waals surface area contributed by atoms with Gasteiger partial charge < -0.3 is 4.74 Å². The largest absolute Gasteiger partial charge is 0.424 e. The third-order valence-corrected chi connectivity index (χ3v) is 2.64. The third kappa shape index (κ3) is 2.98. The molecule has 1 aromatic heterocycles. The normalized spacial score (nSPS) is 10.9. The first-order valence-electron chi connectivity index (χ1n) is 5.11. The second-order valence-electron chi connectivity index (χ2n) is 3.76. The second kappa shape index (κ2) is 5.06. The predicted octanol–water partition coefficient (Wildman–Crippen LogP) is 4.07. The number of nitrogens with zero attached hydrogens (tertiary/aromatic N) is 3. The van der Waals surface area contributed by atoms with Crippen molar-refractivity contribution in [2.45, 2.75) is 19.9 Å². The van der Waals surface area contributed by atoms with E-state index in [0.717, 1.165) is 0 Å². The highest BCUT2D eigenvalue weighted by Gasteiger charge is 2.13. The summed E-state index contributed by atoms with van der Waals surface area (Å²) in [6, 6.07) is 7.77. The van der Waals surface area contributed by atoms with Crippen molar-refractivity contribution < 1.29 is 4.74 Å². The van der Waals surface area contributed by atoms with E-state index in [1.807, 2.05) is 26.0 Å². The Morgan fingerprint density at radius 2 is 2.18 bits per heavy atom. The zero-order valence-electron chi connectivity index (χ0n) is 9.39. The highest BCUT2D eigenvalue weighted by molar-refractivity contribution is 9.10. The van der Waals surface area contributed by atoms with E-state index >= 15 is 0 Å². The first-order chi connectivity index (χ1) is 8.06. The summed E-state index contributed by atoms with van der Waals surface area (Å²) in [5.74, 6) is 0.638. The van der Waals surface area contributed by atoms with Crippen LogP contribution in [0.1, 0.15) is 19.9 Å². The molecule has 2 aromatic rings. The number of hydrogen-bond donors (Lipinski definition) is 0. The number of ether oxygens (including phenoxy) is 1. The molecule has 2 rings (SSSR count). The van der Waals surface area contributed by atoms with Gasteiger partial charge >= 0.3 is 6.01 Å². The molecule has 17 heavy (non-hydrogen) atoms. The summed E-state index contributed by atoms with van der Waals surface area (Å²) in [4.78, 5) is 4.16. The summed E-state index contributed by atoms with van der Waals surface area (Å²) in [5.41, 5.74) is 0. The Hall–Kier alpha value is -1.07. The lowest BCUT2D eigenvalue weighted by atomic mass is 10.3. The van der Waals surface area contributed by atoms with Crippen molar-refractivity contribution in [2.75, 3.05) is 0 Å². The van der Waals surface area contributed by atoms with Crippen molar-refractivity contribution in [3.8, 4) is 11.8 Å². The van der Waals surface area contributed by atoms with Gasteiger partial charge in [0.15, 0.2) is 0 Å². The van der Waals surface area contributed by atoms with Gasteiger partial charge in [0.2, 0.25) is 4.73 Å². The second-order valence-corrected chi connectivity index (χ2v) is 4.91. The van der Waals surface area contributed by atoms with Crippen LogP contribution >= 0.6 is 27.5 Å². The molecule has 6 heteroatoms. The number of rotatable bonds is 3. The van der Waals surface area contributed by atoms with Gasteiger partial charge in [0.1, 0.15) is 5.75 Å². The van der Waals surface area contributed by atoms with Crippen molar-refractivity contribution >= 4 is 27.5 Å². The SMILES string of the molecule is CC(C)n1nc(Br)nc1Oc1cccc(Cl)c1. The van der Waals surface area contributed by atoms with Crippen LogP contribution in [0.25, 0.3) is 0 Å². The monoisotopic (exact) mass is 315 g/mol. The average Bonchev–Trinajstić information content (AvgIpc) is 2.59. The quantitative estimate of drug-likeness (QED) is 0.857. The minimum atomic E-state index is 0.169. The molecule has 0 fully saturated rings. The zero-order valence-corrected chi connectivity index (χ0v) is 11.7. The molecular formula is C11H11BrClN3O. The van der Waals surface area contributed by atoms with Gasteiger partial charge in [-0.1, -0.05) is 17.7 Å². The van der Waals surface area contributed by atoms with Crippen LogP contribution in [0.15, 0.2) is 29.0 Å². The lowest BCUT2D eigenvalue weighted by molar-refractivity contribution is 0.376. The van der Waals surface area contributed by atoms with E-state index in [0.29, 0.717) is 21.5 Å². The summed E-state index contributed by atoms with van der Waals surface area (Å²) in [6.07, 6.45) is 0. The summed E-state index contributed by atoms with van der Waals surface area (Å²) in [6.45, 7) is 4.01. The minimum absolute atomic E-state index is 0.169. The number of aromatic nitrogens is 3. The highest BCUT2D eigenvalue weighted by Crippen LogP contribution is 2.25. The lowest BCUT2D eigenvalue weighted by Gasteiger charge is -2.09. The van der Waals surface area contributed by atoms with Crippen LogP contribution < -0.4 is 4.74 Å². The maximum atomic E-state index is 5.89. The fourth-order valence-electron chi connectivity index (χ4n) is 1.33. The molecule has 0 aliphatic heterocycles. The first-order valence-corrected chi connectivity index (χ1v) is 6.29. The van der Waals surface area contributed by atoms with E-state index in [2.05, 4.69) is 26.0 Å². The van der Waals surface area contributed by atoms with E-state index in [-0.39, 0.29) is 6.04 Å². The van der Waals surface area contributed by atoms with Crippen LogP contribution in [0.4, 0.5) is 0 Å². The van der Waals surface area contributed by atoms with Crippen molar-refractivity contribution in [3.05, 3.63) is 34.0 Å². The zero-order chi connectivity index (χ0) is 12.4. The van der Waals surface area contributed by atoms with Crippen LogP contribution in [-0.2, 0) is 0 Å². The van der Waals surface area contributed by atoms with Crippen molar-refractivity contribution in [1.29, 1.82) is 0 Å². The molecule has 0 unspecified atom stereocenters. The van der Waals surface area contributed by atoms with Crippen molar-refractivity contribution in [2.24, 2.45) is 0 Å². The molecule has 0 aliphatic rings. The molecule has 0 atom stereocenters. The topological polar surface area (TPSA) is 39.9 Å². The van der Waals surface area contributed by atoms with E-state index in [1.165, 1.54) is 0 Å². The van der Waals surface area contributed by atoms with E-state index in [9.17, 15) is 0 Å². The highest BCUT2D eigenvalue weighted by atomic mass is 79.9. The molecule has 0 aliphatic carbocycles. The molecule has 4 nitrogen and oxygen atoms in total. The molecule has 0 bridgehead atoms. The molecule has 0 N–H and O–H groups in total. The summed E-state index contributed by atoms with van der Waals surface area (Å²) < 4.78 is 7.85. The van der Waals surface area contributed by atoms with Gasteiger partial charge in [-0.25, -0.2) is 4.68 Å². The maximum absolute atomic E-state index is 5.89. The standard InChI is InChI=1S/C11H11BrClN3O/c1-7(2)16-11(14-10(12)15-16)17-9-5-3-4-8(13)6-9/h3-7H,1-2H3. The average molecular weight is 317 g/mol. The Morgan fingerprint density at radius 3 is 2.82 bits per heavy atom. The van der Waals surface area contributed by atoms with Gasteiger partial charge in [-0.15, -0.1) is 5.10 Å². The third-order valence-electron chi connectivity index (χ3n) is 2.07. The van der Waals surface area contributed by atoms with Crippen LogP contribution in [-0.4, -0.2) is 14.8 Å². The molecule has 1 heterocycles. The van der Waals surface area contributed by atoms with E-state index in [4.69, 9.17) is 16.3 Å². The van der Waals surface area contributed by atoms with Gasteiger partial charge in [-0.3, -0.25) is 0 Å². The Labute approximate surface area is 113 Å². The Kier molecular flexibility index (Phi) is 3.69. The molecule has 0 saturated carbocycles.